The van der Waals surface area contributed by atoms with E-state index >= 15 is 0 Å². The molecule has 0 radical (unpaired) electrons. The molecule has 1 saturated heterocycles. The zero-order valence-electron chi connectivity index (χ0n) is 18.0. The number of methoxy groups -OCH3 is 1. The average Bonchev–Trinajstić information content (AvgIpc) is 2.73. The van der Waals surface area contributed by atoms with Gasteiger partial charge in [0.2, 0.25) is 0 Å². The van der Waals surface area contributed by atoms with Crippen molar-refractivity contribution in [2.45, 2.75) is 70.6 Å². The number of hydrogen-bond donors (Lipinski definition) is 3. The monoisotopic (exact) mass is 397 g/mol. The lowest BCUT2D eigenvalue weighted by Crippen LogP contribution is -2.56. The van der Waals surface area contributed by atoms with E-state index in [4.69, 9.17) is 20.5 Å². The van der Waals surface area contributed by atoms with E-state index in [-0.39, 0.29) is 6.10 Å². The van der Waals surface area contributed by atoms with Gasteiger partial charge in [0.15, 0.2) is 0 Å². The molecule has 1 aromatic rings. The number of nitrogens with zero attached hydrogens (tertiary/aromatic N) is 2. The molecular weight excluding hydrogens is 362 g/mol. The average molecular weight is 398 g/mol. The minimum absolute atomic E-state index is 0.106. The third kappa shape index (κ3) is 5.73. The molecule has 0 spiro atoms. The zero-order chi connectivity index (χ0) is 20.8. The van der Waals surface area contributed by atoms with Crippen molar-refractivity contribution in [2.24, 2.45) is 0 Å². The van der Waals surface area contributed by atoms with Gasteiger partial charge in [0, 0.05) is 49.3 Å². The molecule has 158 valence electrons. The Hall–Kier alpha value is -2.05. The Labute approximate surface area is 174 Å². The molecule has 0 bridgehead atoms. The van der Waals surface area contributed by atoms with Crippen molar-refractivity contribution in [1.29, 1.82) is 10.8 Å². The Morgan fingerprint density at radius 3 is 2.62 bits per heavy atom. The minimum Gasteiger partial charge on any atom is -0.378 e. The summed E-state index contributed by atoms with van der Waals surface area (Å²) >= 11 is 0. The van der Waals surface area contributed by atoms with Crippen LogP contribution in [0.3, 0.4) is 0 Å². The molecule has 1 saturated carbocycles. The van der Waals surface area contributed by atoms with Gasteiger partial charge in [-0.15, -0.1) is 0 Å². The van der Waals surface area contributed by atoms with Gasteiger partial charge < -0.3 is 25.8 Å². The first-order chi connectivity index (χ1) is 14.0. The number of allylic oxidation sites excluding steroid dienone is 2. The Kier molecular flexibility index (Phi) is 7.56. The minimum atomic E-state index is 0.106. The second-order valence-electron chi connectivity index (χ2n) is 8.37. The SMILES string of the molecule is CO[C@H]1CN(c2nc(C)ccc2C(=N)/C=C\C(C)=N)CC[C@H]1NC1CCCCC1. The van der Waals surface area contributed by atoms with Crippen molar-refractivity contribution >= 4 is 17.2 Å². The van der Waals surface area contributed by atoms with Gasteiger partial charge in [0.25, 0.3) is 0 Å². The lowest BCUT2D eigenvalue weighted by atomic mass is 9.92. The highest BCUT2D eigenvalue weighted by Crippen LogP contribution is 2.26. The summed E-state index contributed by atoms with van der Waals surface area (Å²) in [4.78, 5) is 7.04. The van der Waals surface area contributed by atoms with Crippen LogP contribution in [0.1, 0.15) is 56.7 Å². The molecule has 6 heteroatoms. The summed E-state index contributed by atoms with van der Waals surface area (Å²) in [5, 5.41) is 19.9. The molecule has 1 aromatic heterocycles. The maximum absolute atomic E-state index is 8.46. The molecule has 2 heterocycles. The molecule has 29 heavy (non-hydrogen) atoms. The number of ether oxygens (including phenoxy) is 1. The molecule has 3 rings (SSSR count). The maximum Gasteiger partial charge on any atom is 0.138 e. The van der Waals surface area contributed by atoms with Crippen LogP contribution < -0.4 is 10.2 Å². The lowest BCUT2D eigenvalue weighted by molar-refractivity contribution is 0.0533. The van der Waals surface area contributed by atoms with E-state index in [1.165, 1.54) is 32.1 Å². The molecule has 0 unspecified atom stereocenters. The predicted octanol–water partition coefficient (Wildman–Crippen LogP) is 3.87. The van der Waals surface area contributed by atoms with Crippen LogP contribution in [0.5, 0.6) is 0 Å². The third-order valence-corrected chi connectivity index (χ3v) is 6.02. The number of piperidine rings is 1. The molecule has 2 fully saturated rings. The molecule has 1 aliphatic carbocycles. The normalized spacial score (nSPS) is 23.5. The summed E-state index contributed by atoms with van der Waals surface area (Å²) in [6.07, 6.45) is 11.0. The summed E-state index contributed by atoms with van der Waals surface area (Å²) in [5.74, 6) is 0.848. The number of nitrogens with one attached hydrogen (secondary N) is 3. The van der Waals surface area contributed by atoms with Crippen LogP contribution in [-0.4, -0.2) is 54.8 Å². The van der Waals surface area contributed by atoms with Gasteiger partial charge in [-0.05, 0) is 57.4 Å². The van der Waals surface area contributed by atoms with Gasteiger partial charge in [-0.25, -0.2) is 4.98 Å². The van der Waals surface area contributed by atoms with Crippen molar-refractivity contribution < 1.29 is 4.74 Å². The van der Waals surface area contributed by atoms with Gasteiger partial charge in [-0.2, -0.15) is 0 Å². The number of hydrogen-bond acceptors (Lipinski definition) is 6. The number of aromatic nitrogens is 1. The summed E-state index contributed by atoms with van der Waals surface area (Å²) in [6.45, 7) is 5.37. The highest BCUT2D eigenvalue weighted by Gasteiger charge is 2.32. The molecule has 2 atom stereocenters. The molecule has 3 N–H and O–H groups in total. The predicted molar refractivity (Wildman–Crippen MR) is 120 cm³/mol. The number of rotatable bonds is 7. The van der Waals surface area contributed by atoms with E-state index in [0.717, 1.165) is 36.6 Å². The quantitative estimate of drug-likeness (QED) is 0.610. The molecular formula is C23H35N5O. The van der Waals surface area contributed by atoms with Crippen molar-refractivity contribution in [3.05, 3.63) is 35.5 Å². The first-order valence-corrected chi connectivity index (χ1v) is 10.8. The highest BCUT2D eigenvalue weighted by atomic mass is 16.5. The Morgan fingerprint density at radius 1 is 1.17 bits per heavy atom. The Balaban J connectivity index is 1.74. The number of anilines is 1. The second-order valence-corrected chi connectivity index (χ2v) is 8.37. The van der Waals surface area contributed by atoms with E-state index in [1.54, 1.807) is 26.2 Å². The van der Waals surface area contributed by atoms with Crippen molar-refractivity contribution in [3.8, 4) is 0 Å². The Morgan fingerprint density at radius 2 is 1.93 bits per heavy atom. The van der Waals surface area contributed by atoms with Gasteiger partial charge in [-0.3, -0.25) is 0 Å². The first kappa shape index (κ1) is 21.7. The standard InChI is InChI=1S/C23H35N5O/c1-16(24)9-12-20(25)19-11-10-17(2)26-23(19)28-14-13-21(22(15-28)29-3)27-18-7-5-4-6-8-18/h9-12,18,21-22,24-25,27H,4-8,13-15H2,1-3H3/b12-9-,24-16?,25-20?/t21-,22+/m1/s1. The lowest BCUT2D eigenvalue weighted by Gasteiger charge is -2.41. The van der Waals surface area contributed by atoms with Gasteiger partial charge >= 0.3 is 0 Å². The van der Waals surface area contributed by atoms with Gasteiger partial charge in [0.1, 0.15) is 5.82 Å². The van der Waals surface area contributed by atoms with Crippen LogP contribution in [-0.2, 0) is 4.74 Å². The van der Waals surface area contributed by atoms with Gasteiger partial charge in [-0.1, -0.05) is 19.3 Å². The number of pyridine rings is 1. The van der Waals surface area contributed by atoms with Crippen LogP contribution in [0.15, 0.2) is 24.3 Å². The van der Waals surface area contributed by atoms with Crippen LogP contribution in [0.25, 0.3) is 0 Å². The van der Waals surface area contributed by atoms with Crippen LogP contribution in [0.2, 0.25) is 0 Å². The fourth-order valence-electron chi connectivity index (χ4n) is 4.40. The molecule has 6 nitrogen and oxygen atoms in total. The van der Waals surface area contributed by atoms with E-state index in [1.807, 2.05) is 19.1 Å². The number of aryl methyl sites for hydroxylation is 1. The molecule has 0 aromatic carbocycles. The van der Waals surface area contributed by atoms with Crippen LogP contribution in [0.4, 0.5) is 5.82 Å². The van der Waals surface area contributed by atoms with Crippen molar-refractivity contribution in [3.63, 3.8) is 0 Å². The van der Waals surface area contributed by atoms with Gasteiger partial charge in [0.05, 0.1) is 11.8 Å². The van der Waals surface area contributed by atoms with Crippen molar-refractivity contribution in [1.82, 2.24) is 10.3 Å². The molecule has 2 aliphatic rings. The topological polar surface area (TPSA) is 85.1 Å². The molecule has 1 aliphatic heterocycles. The fraction of sp³-hybridized carbons (Fsp3) is 0.609. The summed E-state index contributed by atoms with van der Waals surface area (Å²) in [5.41, 5.74) is 2.57. The maximum atomic E-state index is 8.46. The van der Waals surface area contributed by atoms with Crippen molar-refractivity contribution in [2.75, 3.05) is 25.1 Å². The second kappa shape index (κ2) is 10.1. The first-order valence-electron chi connectivity index (χ1n) is 10.8. The summed E-state index contributed by atoms with van der Waals surface area (Å²) in [7, 11) is 1.80. The Bertz CT molecular complexity index is 754. The third-order valence-electron chi connectivity index (χ3n) is 6.02. The zero-order valence-corrected chi connectivity index (χ0v) is 18.0. The largest absolute Gasteiger partial charge is 0.378 e. The fourth-order valence-corrected chi connectivity index (χ4v) is 4.40. The van der Waals surface area contributed by atoms with E-state index in [0.29, 0.717) is 23.5 Å². The van der Waals surface area contributed by atoms with E-state index < -0.39 is 0 Å². The van der Waals surface area contributed by atoms with Crippen LogP contribution in [0, 0.1) is 17.7 Å². The summed E-state index contributed by atoms with van der Waals surface area (Å²) in [6, 6.07) is 4.90. The van der Waals surface area contributed by atoms with E-state index in [2.05, 4.69) is 10.2 Å². The smallest absolute Gasteiger partial charge is 0.138 e. The summed E-state index contributed by atoms with van der Waals surface area (Å²) < 4.78 is 5.88. The van der Waals surface area contributed by atoms with Crippen LogP contribution >= 0.6 is 0 Å². The highest BCUT2D eigenvalue weighted by molar-refractivity contribution is 6.12. The molecule has 0 amide bonds. The van der Waals surface area contributed by atoms with E-state index in [9.17, 15) is 0 Å².